The molecular formula is C11H19ClO. The lowest BCUT2D eigenvalue weighted by atomic mass is 9.90. The molecule has 0 rings (SSSR count). The third-order valence-corrected chi connectivity index (χ3v) is 2.34. The summed E-state index contributed by atoms with van der Waals surface area (Å²) in [4.78, 5) is 0. The maximum Gasteiger partial charge on any atom is 0.0716 e. The van der Waals surface area contributed by atoms with E-state index in [1.807, 2.05) is 0 Å². The summed E-state index contributed by atoms with van der Waals surface area (Å²) < 4.78 is 0. The number of alkyl halides is 1. The summed E-state index contributed by atoms with van der Waals surface area (Å²) in [5, 5.41) is 10.1. The standard InChI is InChI=1S/C11H19ClO/c1-3-7-11(13,8-4-2)9-5-6-10-12/h3-4,13H,1-2,5-10H2. The van der Waals surface area contributed by atoms with E-state index >= 15 is 0 Å². The van der Waals surface area contributed by atoms with Crippen LogP contribution in [0.2, 0.25) is 0 Å². The predicted octanol–water partition coefficient (Wildman–Crippen LogP) is 3.28. The molecule has 0 heterocycles. The first-order valence-corrected chi connectivity index (χ1v) is 5.22. The highest BCUT2D eigenvalue weighted by atomic mass is 35.5. The maximum atomic E-state index is 10.1. The van der Waals surface area contributed by atoms with Crippen LogP contribution in [0.5, 0.6) is 0 Å². The number of hydrogen-bond donors (Lipinski definition) is 1. The Hall–Kier alpha value is -0.270. The second-order valence-electron chi connectivity index (χ2n) is 3.36. The fraction of sp³-hybridized carbons (Fsp3) is 0.636. The van der Waals surface area contributed by atoms with Gasteiger partial charge in [-0.3, -0.25) is 0 Å². The molecule has 1 nitrogen and oxygen atoms in total. The number of rotatable bonds is 8. The minimum Gasteiger partial charge on any atom is -0.389 e. The van der Waals surface area contributed by atoms with Crippen molar-refractivity contribution in [1.82, 2.24) is 0 Å². The van der Waals surface area contributed by atoms with Crippen LogP contribution in [0.25, 0.3) is 0 Å². The Bertz CT molecular complexity index is 144. The molecule has 13 heavy (non-hydrogen) atoms. The molecule has 0 radical (unpaired) electrons. The molecule has 0 unspecified atom stereocenters. The van der Waals surface area contributed by atoms with Gasteiger partial charge in [0.1, 0.15) is 0 Å². The van der Waals surface area contributed by atoms with E-state index in [2.05, 4.69) is 13.2 Å². The van der Waals surface area contributed by atoms with Crippen LogP contribution >= 0.6 is 11.6 Å². The van der Waals surface area contributed by atoms with Crippen molar-refractivity contribution in [2.75, 3.05) is 5.88 Å². The van der Waals surface area contributed by atoms with Crippen molar-refractivity contribution in [2.45, 2.75) is 37.7 Å². The zero-order valence-corrected chi connectivity index (χ0v) is 8.89. The quantitative estimate of drug-likeness (QED) is 0.364. The maximum absolute atomic E-state index is 10.1. The summed E-state index contributed by atoms with van der Waals surface area (Å²) in [5.74, 6) is 0.665. The lowest BCUT2D eigenvalue weighted by Gasteiger charge is -2.25. The van der Waals surface area contributed by atoms with Crippen molar-refractivity contribution < 1.29 is 5.11 Å². The molecule has 0 aromatic rings. The molecule has 0 saturated heterocycles. The minimum atomic E-state index is -0.643. The Morgan fingerprint density at radius 3 is 2.08 bits per heavy atom. The molecule has 76 valence electrons. The van der Waals surface area contributed by atoms with E-state index in [9.17, 15) is 5.11 Å². The average molecular weight is 203 g/mol. The van der Waals surface area contributed by atoms with E-state index in [1.54, 1.807) is 12.2 Å². The Morgan fingerprint density at radius 2 is 1.69 bits per heavy atom. The van der Waals surface area contributed by atoms with Gasteiger partial charge in [0.15, 0.2) is 0 Å². The van der Waals surface area contributed by atoms with Gasteiger partial charge in [0.2, 0.25) is 0 Å². The van der Waals surface area contributed by atoms with E-state index in [1.165, 1.54) is 0 Å². The zero-order chi connectivity index (χ0) is 10.2. The van der Waals surface area contributed by atoms with Gasteiger partial charge < -0.3 is 5.11 Å². The van der Waals surface area contributed by atoms with E-state index < -0.39 is 5.60 Å². The number of unbranched alkanes of at least 4 members (excludes halogenated alkanes) is 1. The van der Waals surface area contributed by atoms with Crippen molar-refractivity contribution in [3.63, 3.8) is 0 Å². The molecule has 2 heteroatoms. The average Bonchev–Trinajstić information content (AvgIpc) is 2.05. The predicted molar refractivity (Wildman–Crippen MR) is 59.1 cm³/mol. The largest absolute Gasteiger partial charge is 0.389 e. The lowest BCUT2D eigenvalue weighted by molar-refractivity contribution is 0.0353. The van der Waals surface area contributed by atoms with Crippen LogP contribution in [-0.4, -0.2) is 16.6 Å². The van der Waals surface area contributed by atoms with Gasteiger partial charge in [-0.2, -0.15) is 0 Å². The fourth-order valence-corrected chi connectivity index (χ4v) is 1.56. The Kier molecular flexibility index (Phi) is 7.02. The van der Waals surface area contributed by atoms with Crippen molar-refractivity contribution in [3.05, 3.63) is 25.3 Å². The highest BCUT2D eigenvalue weighted by Crippen LogP contribution is 2.23. The Balaban J connectivity index is 3.90. The third-order valence-electron chi connectivity index (χ3n) is 2.07. The summed E-state index contributed by atoms with van der Waals surface area (Å²) in [5.41, 5.74) is -0.643. The van der Waals surface area contributed by atoms with E-state index in [0.717, 1.165) is 19.3 Å². The van der Waals surface area contributed by atoms with Gasteiger partial charge in [-0.15, -0.1) is 24.8 Å². The van der Waals surface area contributed by atoms with Crippen LogP contribution in [0.3, 0.4) is 0 Å². The topological polar surface area (TPSA) is 20.2 Å². The molecule has 0 fully saturated rings. The van der Waals surface area contributed by atoms with Gasteiger partial charge in [-0.1, -0.05) is 12.2 Å². The van der Waals surface area contributed by atoms with E-state index in [4.69, 9.17) is 11.6 Å². The Morgan fingerprint density at radius 1 is 1.15 bits per heavy atom. The first kappa shape index (κ1) is 12.7. The molecule has 0 spiro atoms. The van der Waals surface area contributed by atoms with Gasteiger partial charge in [-0.25, -0.2) is 0 Å². The van der Waals surface area contributed by atoms with Crippen molar-refractivity contribution in [3.8, 4) is 0 Å². The molecule has 0 atom stereocenters. The molecule has 1 N–H and O–H groups in total. The van der Waals surface area contributed by atoms with Crippen molar-refractivity contribution in [1.29, 1.82) is 0 Å². The highest BCUT2D eigenvalue weighted by molar-refractivity contribution is 6.17. The van der Waals surface area contributed by atoms with Gasteiger partial charge >= 0.3 is 0 Å². The van der Waals surface area contributed by atoms with Gasteiger partial charge in [0.25, 0.3) is 0 Å². The normalized spacial score (nSPS) is 11.2. The van der Waals surface area contributed by atoms with Crippen LogP contribution in [0.1, 0.15) is 32.1 Å². The zero-order valence-electron chi connectivity index (χ0n) is 8.14. The second-order valence-corrected chi connectivity index (χ2v) is 3.73. The summed E-state index contributed by atoms with van der Waals surface area (Å²) in [6.45, 7) is 7.27. The highest BCUT2D eigenvalue weighted by Gasteiger charge is 2.22. The fourth-order valence-electron chi connectivity index (χ4n) is 1.37. The van der Waals surface area contributed by atoms with Crippen LogP contribution < -0.4 is 0 Å². The van der Waals surface area contributed by atoms with Gasteiger partial charge in [0, 0.05) is 5.88 Å². The lowest BCUT2D eigenvalue weighted by Crippen LogP contribution is -2.26. The van der Waals surface area contributed by atoms with Crippen molar-refractivity contribution in [2.24, 2.45) is 0 Å². The first-order valence-electron chi connectivity index (χ1n) is 4.68. The van der Waals surface area contributed by atoms with Crippen LogP contribution in [0, 0.1) is 0 Å². The second kappa shape index (κ2) is 7.16. The molecule has 0 aromatic heterocycles. The SMILES string of the molecule is C=CCC(O)(CC=C)CCCCCl. The number of halogens is 1. The summed E-state index contributed by atoms with van der Waals surface area (Å²) in [7, 11) is 0. The number of aliphatic hydroxyl groups is 1. The Labute approximate surface area is 86.1 Å². The molecule has 0 aliphatic rings. The molecule has 0 saturated carbocycles. The van der Waals surface area contributed by atoms with Gasteiger partial charge in [0.05, 0.1) is 5.60 Å². The molecule has 0 bridgehead atoms. The monoisotopic (exact) mass is 202 g/mol. The smallest absolute Gasteiger partial charge is 0.0716 e. The summed E-state index contributed by atoms with van der Waals surface area (Å²) in [6, 6.07) is 0. The van der Waals surface area contributed by atoms with E-state index in [0.29, 0.717) is 18.7 Å². The minimum absolute atomic E-state index is 0.626. The van der Waals surface area contributed by atoms with Crippen LogP contribution in [0.4, 0.5) is 0 Å². The summed E-state index contributed by atoms with van der Waals surface area (Å²) in [6.07, 6.45) is 7.45. The summed E-state index contributed by atoms with van der Waals surface area (Å²) >= 11 is 5.56. The first-order chi connectivity index (χ1) is 6.18. The number of hydrogen-bond acceptors (Lipinski definition) is 1. The molecule has 0 aromatic carbocycles. The van der Waals surface area contributed by atoms with E-state index in [-0.39, 0.29) is 0 Å². The molecule has 0 aliphatic heterocycles. The molecule has 0 amide bonds. The van der Waals surface area contributed by atoms with Crippen LogP contribution in [0.15, 0.2) is 25.3 Å². The van der Waals surface area contributed by atoms with Crippen molar-refractivity contribution >= 4 is 11.6 Å². The molecular weight excluding hydrogens is 184 g/mol. The third kappa shape index (κ3) is 5.89. The van der Waals surface area contributed by atoms with Gasteiger partial charge in [-0.05, 0) is 32.1 Å². The van der Waals surface area contributed by atoms with Crippen LogP contribution in [-0.2, 0) is 0 Å². The molecule has 0 aliphatic carbocycles.